The maximum atomic E-state index is 13.0. The summed E-state index contributed by atoms with van der Waals surface area (Å²) in [5.74, 6) is -0.0545. The van der Waals surface area contributed by atoms with Gasteiger partial charge >= 0.3 is 10.2 Å². The lowest BCUT2D eigenvalue weighted by atomic mass is 10.1. The lowest BCUT2D eigenvalue weighted by Crippen LogP contribution is -2.29. The van der Waals surface area contributed by atoms with E-state index < -0.39 is 21.4 Å². The predicted octanol–water partition coefficient (Wildman–Crippen LogP) is 0.852. The molecule has 9 heteroatoms. The van der Waals surface area contributed by atoms with Gasteiger partial charge in [0.05, 0.1) is 14.2 Å². The fourth-order valence-electron chi connectivity index (χ4n) is 2.50. The van der Waals surface area contributed by atoms with Crippen LogP contribution in [0, 0.1) is 0 Å². The highest BCUT2D eigenvalue weighted by molar-refractivity contribution is 7.87. The van der Waals surface area contributed by atoms with E-state index in [-0.39, 0.29) is 36.8 Å². The molecule has 1 fully saturated rings. The zero-order valence-corrected chi connectivity index (χ0v) is 13.6. The number of carbonyl (C=O) groups is 1. The van der Waals surface area contributed by atoms with Crippen molar-refractivity contribution in [3.05, 3.63) is 17.7 Å². The Hall–Kier alpha value is -2.03. The molecule has 1 amide bonds. The maximum Gasteiger partial charge on any atom is 0.307 e. The van der Waals surface area contributed by atoms with Crippen LogP contribution in [-0.2, 0) is 21.4 Å². The van der Waals surface area contributed by atoms with E-state index in [1.54, 1.807) is 12.1 Å². The van der Waals surface area contributed by atoms with Crippen molar-refractivity contribution in [2.45, 2.75) is 18.1 Å². The number of hydrogen-bond donors (Lipinski definition) is 1. The van der Waals surface area contributed by atoms with Gasteiger partial charge < -0.3 is 19.5 Å². The molecule has 0 aliphatic carbocycles. The highest BCUT2D eigenvalue weighted by Gasteiger charge is 2.38. The van der Waals surface area contributed by atoms with Crippen molar-refractivity contribution < 1.29 is 31.7 Å². The minimum absolute atomic E-state index is 0.125. The molecule has 0 saturated carbocycles. The summed E-state index contributed by atoms with van der Waals surface area (Å²) in [6, 6.07) is 3.20. The Labute approximate surface area is 133 Å². The van der Waals surface area contributed by atoms with E-state index in [9.17, 15) is 22.2 Å². The number of phenols is 1. The van der Waals surface area contributed by atoms with Crippen LogP contribution in [0.25, 0.3) is 0 Å². The number of aromatic hydroxyl groups is 1. The Morgan fingerprint density at radius 1 is 1.30 bits per heavy atom. The molecule has 2 rings (SSSR count). The van der Waals surface area contributed by atoms with Crippen molar-refractivity contribution in [3.8, 4) is 17.2 Å². The average molecular weight is 347 g/mol. The SMILES string of the molecule is COc1cc(CCN2CC(S(=O)(=O)F)CC2=O)cc(OC)c1O. The molecule has 23 heavy (non-hydrogen) atoms. The molecule has 1 atom stereocenters. The van der Waals surface area contributed by atoms with Crippen molar-refractivity contribution in [2.75, 3.05) is 27.3 Å². The Balaban J connectivity index is 2.08. The fourth-order valence-corrected chi connectivity index (χ4v) is 3.20. The number of methoxy groups -OCH3 is 2. The van der Waals surface area contributed by atoms with Gasteiger partial charge in [-0.15, -0.1) is 3.89 Å². The van der Waals surface area contributed by atoms with Crippen LogP contribution >= 0.6 is 0 Å². The van der Waals surface area contributed by atoms with Crippen LogP contribution in [0.3, 0.4) is 0 Å². The third kappa shape index (κ3) is 3.84. The van der Waals surface area contributed by atoms with Crippen LogP contribution in [-0.4, -0.2) is 56.9 Å². The normalized spacial score (nSPS) is 18.3. The van der Waals surface area contributed by atoms with Gasteiger partial charge in [0.15, 0.2) is 11.5 Å². The van der Waals surface area contributed by atoms with E-state index in [1.165, 1.54) is 19.1 Å². The molecule has 1 aliphatic rings. The van der Waals surface area contributed by atoms with E-state index in [0.29, 0.717) is 6.42 Å². The molecule has 1 unspecified atom stereocenters. The molecular weight excluding hydrogens is 329 g/mol. The van der Waals surface area contributed by atoms with E-state index in [1.807, 2.05) is 0 Å². The number of halogens is 1. The fraction of sp³-hybridized carbons (Fsp3) is 0.500. The summed E-state index contributed by atoms with van der Waals surface area (Å²) < 4.78 is 44.9. The second kappa shape index (κ2) is 6.61. The molecule has 128 valence electrons. The number of hydrogen-bond acceptors (Lipinski definition) is 6. The van der Waals surface area contributed by atoms with Gasteiger partial charge in [0.25, 0.3) is 0 Å². The number of carbonyl (C=O) groups excluding carboxylic acids is 1. The summed E-state index contributed by atoms with van der Waals surface area (Å²) in [6.07, 6.45) is 0.0544. The molecule has 1 N–H and O–H groups in total. The zero-order chi connectivity index (χ0) is 17.2. The van der Waals surface area contributed by atoms with Crippen molar-refractivity contribution >= 4 is 16.1 Å². The Bertz CT molecular complexity index is 680. The number of ether oxygens (including phenoxy) is 2. The molecule has 0 aromatic heterocycles. The third-order valence-corrected chi connectivity index (χ3v) is 4.90. The number of rotatable bonds is 6. The molecular formula is C14H18FNO6S. The minimum atomic E-state index is -4.71. The summed E-state index contributed by atoms with van der Waals surface area (Å²) in [6.45, 7) is 0.0892. The predicted molar refractivity (Wildman–Crippen MR) is 79.9 cm³/mol. The van der Waals surface area contributed by atoms with Gasteiger partial charge in [-0.25, -0.2) is 0 Å². The second-order valence-electron chi connectivity index (χ2n) is 5.24. The molecule has 0 bridgehead atoms. The number of phenolic OH excluding ortho intramolecular Hbond substituents is 1. The zero-order valence-electron chi connectivity index (χ0n) is 12.8. The minimum Gasteiger partial charge on any atom is -0.502 e. The third-order valence-electron chi connectivity index (χ3n) is 3.79. The standard InChI is InChI=1S/C14H18FNO6S/c1-21-11-5-9(6-12(22-2)14(11)18)3-4-16-8-10(7-13(16)17)23(15,19)20/h5-6,10,18H,3-4,7-8H2,1-2H3. The average Bonchev–Trinajstić information content (AvgIpc) is 2.87. The number of amides is 1. The second-order valence-corrected chi connectivity index (χ2v) is 6.86. The smallest absolute Gasteiger partial charge is 0.307 e. The Morgan fingerprint density at radius 3 is 2.30 bits per heavy atom. The summed E-state index contributed by atoms with van der Waals surface area (Å²) in [7, 11) is -1.91. The van der Waals surface area contributed by atoms with Crippen LogP contribution in [0.5, 0.6) is 17.2 Å². The van der Waals surface area contributed by atoms with Gasteiger partial charge in [0.2, 0.25) is 11.7 Å². The van der Waals surface area contributed by atoms with Gasteiger partial charge in [-0.1, -0.05) is 0 Å². The van der Waals surface area contributed by atoms with Crippen molar-refractivity contribution in [3.63, 3.8) is 0 Å². The molecule has 7 nitrogen and oxygen atoms in total. The molecule has 0 spiro atoms. The maximum absolute atomic E-state index is 13.0. The van der Waals surface area contributed by atoms with Crippen LogP contribution in [0.2, 0.25) is 0 Å². The first-order chi connectivity index (χ1) is 10.8. The highest BCUT2D eigenvalue weighted by atomic mass is 32.3. The van der Waals surface area contributed by atoms with E-state index in [0.717, 1.165) is 5.56 Å². The largest absolute Gasteiger partial charge is 0.502 e. The summed E-state index contributed by atoms with van der Waals surface area (Å²) in [5, 5.41) is 8.54. The van der Waals surface area contributed by atoms with Crippen molar-refractivity contribution in [1.29, 1.82) is 0 Å². The molecule has 1 aromatic rings. The van der Waals surface area contributed by atoms with Gasteiger partial charge in [0.1, 0.15) is 5.25 Å². The first kappa shape index (κ1) is 17.3. The van der Waals surface area contributed by atoms with Crippen LogP contribution in [0.4, 0.5) is 3.89 Å². The highest BCUT2D eigenvalue weighted by Crippen LogP contribution is 2.37. The quantitative estimate of drug-likeness (QED) is 0.767. The van der Waals surface area contributed by atoms with Gasteiger partial charge in [-0.3, -0.25) is 4.79 Å². The first-order valence-corrected chi connectivity index (χ1v) is 8.36. The summed E-state index contributed by atoms with van der Waals surface area (Å²) in [5.41, 5.74) is 0.732. The number of benzene rings is 1. The van der Waals surface area contributed by atoms with E-state index in [2.05, 4.69) is 0 Å². The van der Waals surface area contributed by atoms with Crippen LogP contribution in [0.1, 0.15) is 12.0 Å². The molecule has 1 aliphatic heterocycles. The van der Waals surface area contributed by atoms with Gasteiger partial charge in [0, 0.05) is 19.5 Å². The van der Waals surface area contributed by atoms with Crippen molar-refractivity contribution in [1.82, 2.24) is 4.90 Å². The van der Waals surface area contributed by atoms with Crippen LogP contribution in [0.15, 0.2) is 12.1 Å². The van der Waals surface area contributed by atoms with Gasteiger partial charge in [-0.2, -0.15) is 8.42 Å². The Kier molecular flexibility index (Phi) is 4.98. The molecule has 0 radical (unpaired) electrons. The Morgan fingerprint density at radius 2 is 1.87 bits per heavy atom. The topological polar surface area (TPSA) is 93.1 Å². The van der Waals surface area contributed by atoms with Gasteiger partial charge in [-0.05, 0) is 24.1 Å². The van der Waals surface area contributed by atoms with E-state index >= 15 is 0 Å². The number of nitrogens with zero attached hydrogens (tertiary/aromatic N) is 1. The first-order valence-electron chi connectivity index (χ1n) is 6.91. The lowest BCUT2D eigenvalue weighted by molar-refractivity contribution is -0.127. The van der Waals surface area contributed by atoms with Crippen LogP contribution < -0.4 is 9.47 Å². The molecule has 1 aromatic carbocycles. The summed E-state index contributed by atoms with van der Waals surface area (Å²) in [4.78, 5) is 13.1. The molecule has 1 saturated heterocycles. The monoisotopic (exact) mass is 347 g/mol. The lowest BCUT2D eigenvalue weighted by Gasteiger charge is -2.17. The number of likely N-dealkylation sites (tertiary alicyclic amines) is 1. The molecule has 1 heterocycles. The van der Waals surface area contributed by atoms with Crippen molar-refractivity contribution in [2.24, 2.45) is 0 Å². The summed E-state index contributed by atoms with van der Waals surface area (Å²) >= 11 is 0. The van der Waals surface area contributed by atoms with E-state index in [4.69, 9.17) is 9.47 Å².